The molecular weight excluding hydrogens is 358 g/mol. The van der Waals surface area contributed by atoms with Crippen LogP contribution >= 0.6 is 0 Å². The summed E-state index contributed by atoms with van der Waals surface area (Å²) in [4.78, 5) is 0. The van der Waals surface area contributed by atoms with Crippen LogP contribution in [0.3, 0.4) is 0 Å². The summed E-state index contributed by atoms with van der Waals surface area (Å²) >= 11 is 0. The Balaban J connectivity index is 1.49. The molecule has 0 amide bonds. The quantitative estimate of drug-likeness (QED) is 0.476. The van der Waals surface area contributed by atoms with Gasteiger partial charge in [-0.3, -0.25) is 0 Å². The normalized spacial score (nSPS) is 28.6. The van der Waals surface area contributed by atoms with E-state index in [-0.39, 0.29) is 11.7 Å². The molecule has 28 heavy (non-hydrogen) atoms. The van der Waals surface area contributed by atoms with Crippen LogP contribution in [-0.2, 0) is 4.74 Å². The first kappa shape index (κ1) is 21.3. The van der Waals surface area contributed by atoms with Gasteiger partial charge in [-0.15, -0.1) is 0 Å². The van der Waals surface area contributed by atoms with Crippen molar-refractivity contribution in [2.75, 3.05) is 13.2 Å². The summed E-state index contributed by atoms with van der Waals surface area (Å²) < 4.78 is 40.1. The molecule has 1 aromatic carbocycles. The van der Waals surface area contributed by atoms with E-state index < -0.39 is 11.6 Å². The molecule has 0 aromatic heterocycles. The van der Waals surface area contributed by atoms with Crippen LogP contribution in [-0.4, -0.2) is 19.3 Å². The standard InChI is InChI=1S/C24H34F2O2/c1-3-5-6-7-17-8-14-21(28-16-17)19-11-9-18(10-12-19)20-13-15-22(27-4-2)24(26)23(20)25/h3,5,13,15,17-19,21H,4,6-12,14,16H2,1-2H3. The summed E-state index contributed by atoms with van der Waals surface area (Å²) in [5, 5.41) is 0. The monoisotopic (exact) mass is 392 g/mol. The molecule has 156 valence electrons. The molecular formula is C24H34F2O2. The molecule has 1 aliphatic heterocycles. The largest absolute Gasteiger partial charge is 0.491 e. The van der Waals surface area contributed by atoms with Gasteiger partial charge in [0.2, 0.25) is 5.82 Å². The van der Waals surface area contributed by atoms with Gasteiger partial charge in [-0.2, -0.15) is 4.39 Å². The van der Waals surface area contributed by atoms with Crippen molar-refractivity contribution in [3.63, 3.8) is 0 Å². The summed E-state index contributed by atoms with van der Waals surface area (Å²) in [6, 6.07) is 3.28. The molecule has 2 fully saturated rings. The molecule has 1 saturated heterocycles. The van der Waals surface area contributed by atoms with E-state index in [9.17, 15) is 8.78 Å². The fraction of sp³-hybridized carbons (Fsp3) is 0.667. The van der Waals surface area contributed by atoms with Crippen molar-refractivity contribution < 1.29 is 18.3 Å². The third-order valence-electron chi connectivity index (χ3n) is 6.50. The van der Waals surface area contributed by atoms with E-state index in [4.69, 9.17) is 9.47 Å². The Bertz CT molecular complexity index is 642. The number of benzene rings is 1. The van der Waals surface area contributed by atoms with Gasteiger partial charge >= 0.3 is 0 Å². The van der Waals surface area contributed by atoms with Crippen LogP contribution in [0.1, 0.15) is 76.7 Å². The van der Waals surface area contributed by atoms with Crippen molar-refractivity contribution in [2.24, 2.45) is 11.8 Å². The molecule has 0 bridgehead atoms. The highest BCUT2D eigenvalue weighted by molar-refractivity contribution is 5.33. The number of allylic oxidation sites excluding steroid dienone is 2. The minimum absolute atomic E-state index is 0.0111. The molecule has 1 heterocycles. The van der Waals surface area contributed by atoms with Crippen molar-refractivity contribution in [2.45, 2.75) is 77.2 Å². The lowest BCUT2D eigenvalue weighted by molar-refractivity contribution is -0.0573. The highest BCUT2D eigenvalue weighted by Gasteiger charge is 2.33. The second-order valence-electron chi connectivity index (χ2n) is 8.29. The average Bonchev–Trinajstić information content (AvgIpc) is 2.73. The summed E-state index contributed by atoms with van der Waals surface area (Å²) in [5.74, 6) is -0.225. The van der Waals surface area contributed by atoms with Gasteiger partial charge < -0.3 is 9.47 Å². The van der Waals surface area contributed by atoms with E-state index >= 15 is 0 Å². The first-order chi connectivity index (χ1) is 13.6. The molecule has 2 nitrogen and oxygen atoms in total. The van der Waals surface area contributed by atoms with Crippen LogP contribution in [0.4, 0.5) is 8.78 Å². The van der Waals surface area contributed by atoms with Crippen molar-refractivity contribution in [1.29, 1.82) is 0 Å². The maximum Gasteiger partial charge on any atom is 0.200 e. The Kier molecular flexibility index (Phi) is 7.90. The fourth-order valence-corrected chi connectivity index (χ4v) is 4.86. The smallest absolute Gasteiger partial charge is 0.200 e. The number of hydrogen-bond donors (Lipinski definition) is 0. The van der Waals surface area contributed by atoms with Gasteiger partial charge in [0, 0.05) is 6.61 Å². The molecule has 2 atom stereocenters. The second-order valence-corrected chi connectivity index (χ2v) is 8.29. The summed E-state index contributed by atoms with van der Waals surface area (Å²) in [7, 11) is 0. The maximum absolute atomic E-state index is 14.5. The number of hydrogen-bond acceptors (Lipinski definition) is 2. The van der Waals surface area contributed by atoms with Gasteiger partial charge in [-0.05, 0) is 94.6 Å². The van der Waals surface area contributed by atoms with Crippen LogP contribution < -0.4 is 4.74 Å². The fourth-order valence-electron chi connectivity index (χ4n) is 4.86. The number of ether oxygens (including phenoxy) is 2. The molecule has 1 aromatic rings. The Hall–Kier alpha value is -1.42. The lowest BCUT2D eigenvalue weighted by Gasteiger charge is -2.38. The van der Waals surface area contributed by atoms with Crippen molar-refractivity contribution in [1.82, 2.24) is 0 Å². The first-order valence-electron chi connectivity index (χ1n) is 11.0. The Morgan fingerprint density at radius 1 is 1.07 bits per heavy atom. The number of halogens is 2. The predicted octanol–water partition coefficient (Wildman–Crippen LogP) is 6.79. The average molecular weight is 393 g/mol. The van der Waals surface area contributed by atoms with Gasteiger partial charge in [0.05, 0.1) is 12.7 Å². The molecule has 1 saturated carbocycles. The van der Waals surface area contributed by atoms with Crippen LogP contribution in [0.25, 0.3) is 0 Å². The Labute approximate surface area is 168 Å². The Morgan fingerprint density at radius 2 is 1.86 bits per heavy atom. The predicted molar refractivity (Wildman–Crippen MR) is 109 cm³/mol. The third-order valence-corrected chi connectivity index (χ3v) is 6.50. The molecule has 0 N–H and O–H groups in total. The molecule has 1 aliphatic carbocycles. The molecule has 2 aliphatic rings. The zero-order valence-electron chi connectivity index (χ0n) is 17.3. The van der Waals surface area contributed by atoms with Crippen LogP contribution in [0.15, 0.2) is 24.3 Å². The van der Waals surface area contributed by atoms with Crippen molar-refractivity contribution in [3.05, 3.63) is 41.5 Å². The van der Waals surface area contributed by atoms with Gasteiger partial charge in [0.25, 0.3) is 0 Å². The van der Waals surface area contributed by atoms with E-state index in [0.29, 0.717) is 30.1 Å². The first-order valence-corrected chi connectivity index (χ1v) is 11.0. The molecule has 2 unspecified atom stereocenters. The van der Waals surface area contributed by atoms with Gasteiger partial charge in [0.1, 0.15) is 0 Å². The molecule has 0 radical (unpaired) electrons. The van der Waals surface area contributed by atoms with Gasteiger partial charge in [-0.25, -0.2) is 4.39 Å². The lowest BCUT2D eigenvalue weighted by atomic mass is 9.75. The van der Waals surface area contributed by atoms with Crippen LogP contribution in [0.5, 0.6) is 5.75 Å². The van der Waals surface area contributed by atoms with E-state index in [0.717, 1.165) is 45.1 Å². The van der Waals surface area contributed by atoms with Crippen LogP contribution in [0, 0.1) is 23.5 Å². The summed E-state index contributed by atoms with van der Waals surface area (Å²) in [6.45, 7) is 5.04. The minimum atomic E-state index is -0.846. The van der Waals surface area contributed by atoms with Crippen molar-refractivity contribution >= 4 is 0 Å². The SMILES string of the molecule is CC=CCCC1CCC(C2CCC(c3ccc(OCC)c(F)c3F)CC2)OC1. The maximum atomic E-state index is 14.5. The number of rotatable bonds is 7. The zero-order chi connectivity index (χ0) is 19.9. The summed E-state index contributed by atoms with van der Waals surface area (Å²) in [5.41, 5.74) is 0.507. The Morgan fingerprint density at radius 3 is 2.50 bits per heavy atom. The highest BCUT2D eigenvalue weighted by atomic mass is 19.2. The highest BCUT2D eigenvalue weighted by Crippen LogP contribution is 2.42. The third kappa shape index (κ3) is 5.14. The van der Waals surface area contributed by atoms with E-state index in [1.165, 1.54) is 12.8 Å². The lowest BCUT2D eigenvalue weighted by Crippen LogP contribution is -2.34. The van der Waals surface area contributed by atoms with E-state index in [1.54, 1.807) is 19.1 Å². The molecule has 4 heteroatoms. The molecule has 3 rings (SSSR count). The van der Waals surface area contributed by atoms with Gasteiger partial charge in [0.15, 0.2) is 11.6 Å². The molecule has 0 spiro atoms. The minimum Gasteiger partial charge on any atom is -0.491 e. The van der Waals surface area contributed by atoms with Crippen molar-refractivity contribution in [3.8, 4) is 5.75 Å². The van der Waals surface area contributed by atoms with Gasteiger partial charge in [-0.1, -0.05) is 18.2 Å². The zero-order valence-corrected chi connectivity index (χ0v) is 17.3. The van der Waals surface area contributed by atoms with Crippen LogP contribution in [0.2, 0.25) is 0 Å². The van der Waals surface area contributed by atoms with E-state index in [1.807, 2.05) is 0 Å². The second kappa shape index (κ2) is 10.4. The topological polar surface area (TPSA) is 18.5 Å². The summed E-state index contributed by atoms with van der Waals surface area (Å²) in [6.07, 6.45) is 13.3. The van der Waals surface area contributed by atoms with E-state index in [2.05, 4.69) is 19.1 Å².